The Morgan fingerprint density at radius 3 is 2.50 bits per heavy atom. The molecule has 0 spiro atoms. The molecule has 0 saturated carbocycles. The minimum atomic E-state index is -0.157. The molecule has 0 unspecified atom stereocenters. The monoisotopic (exact) mass is 328 g/mol. The molecule has 0 fully saturated rings. The molecule has 0 N–H and O–H groups in total. The van der Waals surface area contributed by atoms with Crippen LogP contribution in [0, 0.1) is 0 Å². The van der Waals surface area contributed by atoms with Crippen LogP contribution < -0.4 is 4.90 Å². The SMILES string of the molecule is O=C1/C(=C/c2ccccn2)N=C([Se])N1c1ccccc1. The van der Waals surface area contributed by atoms with E-state index in [1.807, 2.05) is 48.5 Å². The zero-order valence-corrected chi connectivity index (χ0v) is 12.1. The molecule has 1 aliphatic heterocycles. The van der Waals surface area contributed by atoms with Gasteiger partial charge in [-0.1, -0.05) is 0 Å². The zero-order chi connectivity index (χ0) is 13.9. The van der Waals surface area contributed by atoms with E-state index < -0.39 is 0 Å². The third-order valence-corrected chi connectivity index (χ3v) is 3.39. The van der Waals surface area contributed by atoms with Crippen molar-refractivity contribution in [2.24, 2.45) is 4.99 Å². The molecule has 1 aromatic heterocycles. The third kappa shape index (κ3) is 2.41. The van der Waals surface area contributed by atoms with Crippen LogP contribution in [0.1, 0.15) is 5.69 Å². The Labute approximate surface area is 124 Å². The molecule has 0 saturated heterocycles. The van der Waals surface area contributed by atoms with Gasteiger partial charge in [0.1, 0.15) is 0 Å². The number of anilines is 1. The minimum absolute atomic E-state index is 0.157. The van der Waals surface area contributed by atoms with Crippen molar-refractivity contribution in [3.05, 3.63) is 66.1 Å². The van der Waals surface area contributed by atoms with Gasteiger partial charge in [0.2, 0.25) is 0 Å². The van der Waals surface area contributed by atoms with Crippen LogP contribution in [0.15, 0.2) is 65.4 Å². The van der Waals surface area contributed by atoms with E-state index in [1.54, 1.807) is 17.2 Å². The Balaban J connectivity index is 1.95. The van der Waals surface area contributed by atoms with Gasteiger partial charge < -0.3 is 0 Å². The van der Waals surface area contributed by atoms with E-state index in [2.05, 4.69) is 26.0 Å². The van der Waals surface area contributed by atoms with Crippen molar-refractivity contribution in [1.82, 2.24) is 4.98 Å². The number of para-hydroxylation sites is 1. The summed E-state index contributed by atoms with van der Waals surface area (Å²) in [6.07, 6.45) is 3.37. The molecular formula is C15H10N3OSe. The molecule has 1 aliphatic rings. The van der Waals surface area contributed by atoms with E-state index in [-0.39, 0.29) is 5.91 Å². The first kappa shape index (κ1) is 12.8. The predicted octanol–water partition coefficient (Wildman–Crippen LogP) is 1.99. The molecule has 2 aromatic rings. The Morgan fingerprint density at radius 2 is 1.80 bits per heavy atom. The van der Waals surface area contributed by atoms with Crippen molar-refractivity contribution in [1.29, 1.82) is 0 Å². The van der Waals surface area contributed by atoms with Crippen molar-refractivity contribution >= 4 is 38.4 Å². The second-order valence-electron chi connectivity index (χ2n) is 4.15. The number of benzene rings is 1. The van der Waals surface area contributed by atoms with Gasteiger partial charge in [0.05, 0.1) is 0 Å². The molecule has 97 valence electrons. The number of rotatable bonds is 2. The van der Waals surface area contributed by atoms with Gasteiger partial charge in [-0.3, -0.25) is 0 Å². The topological polar surface area (TPSA) is 45.6 Å². The standard InChI is InChI=1S/C15H10N3OSe/c19-14-13(10-11-6-4-5-9-16-11)17-15(20)18(14)12-7-2-1-3-8-12/h1-10H/b13-10-. The Morgan fingerprint density at radius 1 is 1.05 bits per heavy atom. The van der Waals surface area contributed by atoms with Gasteiger partial charge in [-0.2, -0.15) is 0 Å². The molecule has 0 bridgehead atoms. The number of pyridine rings is 1. The molecule has 0 aliphatic carbocycles. The van der Waals surface area contributed by atoms with Crippen LogP contribution in [0.4, 0.5) is 5.69 Å². The summed E-state index contributed by atoms with van der Waals surface area (Å²) in [5.41, 5.74) is 1.88. The quantitative estimate of drug-likeness (QED) is 0.626. The number of carbonyl (C=O) groups is 1. The number of aromatic nitrogens is 1. The van der Waals surface area contributed by atoms with Gasteiger partial charge in [-0.05, 0) is 0 Å². The molecule has 1 amide bonds. The van der Waals surface area contributed by atoms with Gasteiger partial charge in [0.15, 0.2) is 0 Å². The number of hydrogen-bond donors (Lipinski definition) is 0. The van der Waals surface area contributed by atoms with Crippen LogP contribution in [0.5, 0.6) is 0 Å². The third-order valence-electron chi connectivity index (χ3n) is 2.82. The van der Waals surface area contributed by atoms with Crippen molar-refractivity contribution in [3.63, 3.8) is 0 Å². The maximum absolute atomic E-state index is 12.4. The van der Waals surface area contributed by atoms with Crippen molar-refractivity contribution < 1.29 is 4.79 Å². The van der Waals surface area contributed by atoms with Crippen LogP contribution in [-0.2, 0) is 4.79 Å². The van der Waals surface area contributed by atoms with Gasteiger partial charge in [-0.15, -0.1) is 0 Å². The van der Waals surface area contributed by atoms with E-state index in [0.29, 0.717) is 16.1 Å². The van der Waals surface area contributed by atoms with Crippen LogP contribution in [0.25, 0.3) is 6.08 Å². The van der Waals surface area contributed by atoms with Crippen LogP contribution in [-0.4, -0.2) is 31.6 Å². The molecule has 2 heterocycles. The molecule has 1 radical (unpaired) electrons. The molecule has 4 nitrogen and oxygen atoms in total. The zero-order valence-electron chi connectivity index (χ0n) is 10.4. The number of aliphatic imine (C=N–C) groups is 1. The van der Waals surface area contributed by atoms with Gasteiger partial charge in [0.25, 0.3) is 0 Å². The Hall–Kier alpha value is -2.23. The van der Waals surface area contributed by atoms with Crippen LogP contribution >= 0.6 is 0 Å². The molecule has 20 heavy (non-hydrogen) atoms. The first-order valence-electron chi connectivity index (χ1n) is 6.03. The number of nitrogens with zero attached hydrogens (tertiary/aromatic N) is 3. The summed E-state index contributed by atoms with van der Waals surface area (Å²) in [7, 11) is 0. The van der Waals surface area contributed by atoms with Gasteiger partial charge in [-0.25, -0.2) is 0 Å². The van der Waals surface area contributed by atoms with Gasteiger partial charge >= 0.3 is 124 Å². The molecule has 0 atom stereocenters. The fourth-order valence-electron chi connectivity index (χ4n) is 1.90. The average Bonchev–Trinajstić information content (AvgIpc) is 2.75. The number of amides is 1. The molecule has 1 aromatic carbocycles. The molecular weight excluding hydrogens is 317 g/mol. The predicted molar refractivity (Wildman–Crippen MR) is 79.3 cm³/mol. The number of carbonyl (C=O) groups excluding carboxylic acids is 1. The first-order chi connectivity index (χ1) is 9.75. The second kappa shape index (κ2) is 5.41. The van der Waals surface area contributed by atoms with E-state index in [0.717, 1.165) is 5.69 Å². The molecule has 3 rings (SSSR count). The average molecular weight is 327 g/mol. The van der Waals surface area contributed by atoms with Crippen LogP contribution in [0.3, 0.4) is 0 Å². The van der Waals surface area contributed by atoms with E-state index in [1.165, 1.54) is 0 Å². The summed E-state index contributed by atoms with van der Waals surface area (Å²) in [5, 5.41) is 0. The van der Waals surface area contributed by atoms with Crippen molar-refractivity contribution in [3.8, 4) is 0 Å². The second-order valence-corrected chi connectivity index (χ2v) is 4.92. The van der Waals surface area contributed by atoms with Crippen molar-refractivity contribution in [2.45, 2.75) is 0 Å². The number of amidine groups is 1. The summed E-state index contributed by atoms with van der Waals surface area (Å²) in [4.78, 5) is 22.4. The summed E-state index contributed by atoms with van der Waals surface area (Å²) in [5.74, 6) is -0.157. The Bertz CT molecular complexity index is 696. The van der Waals surface area contributed by atoms with E-state index in [4.69, 9.17) is 0 Å². The summed E-state index contributed by atoms with van der Waals surface area (Å²) in [6.45, 7) is 0. The Kier molecular flexibility index (Phi) is 3.46. The fraction of sp³-hybridized carbons (Fsp3) is 0. The summed E-state index contributed by atoms with van der Waals surface area (Å²) in [6, 6.07) is 15.0. The van der Waals surface area contributed by atoms with E-state index in [9.17, 15) is 4.79 Å². The number of hydrogen-bond acceptors (Lipinski definition) is 3. The van der Waals surface area contributed by atoms with E-state index >= 15 is 0 Å². The van der Waals surface area contributed by atoms with Crippen molar-refractivity contribution in [2.75, 3.05) is 4.90 Å². The first-order valence-corrected chi connectivity index (χ1v) is 6.89. The maximum atomic E-state index is 12.4. The van der Waals surface area contributed by atoms with Crippen LogP contribution in [0.2, 0.25) is 0 Å². The fourth-order valence-corrected chi connectivity index (χ4v) is 2.50. The summed E-state index contributed by atoms with van der Waals surface area (Å²) >= 11 is 2.83. The molecule has 5 heteroatoms. The summed E-state index contributed by atoms with van der Waals surface area (Å²) < 4.78 is 0.545. The van der Waals surface area contributed by atoms with Gasteiger partial charge in [0, 0.05) is 0 Å². The normalized spacial score (nSPS) is 16.6.